The first-order chi connectivity index (χ1) is 7.08. The van der Waals surface area contributed by atoms with E-state index in [-0.39, 0.29) is 5.57 Å². The van der Waals surface area contributed by atoms with Crippen molar-refractivity contribution in [2.24, 2.45) is 5.73 Å². The average Bonchev–Trinajstić information content (AvgIpc) is 2.23. The van der Waals surface area contributed by atoms with Crippen LogP contribution in [0.25, 0.3) is 0 Å². The zero-order chi connectivity index (χ0) is 11.7. The lowest BCUT2D eigenvalue weighted by atomic mass is 10.0. The zero-order valence-corrected chi connectivity index (χ0v) is 9.18. The number of unbranched alkanes of at least 4 members (excludes halogenated alkanes) is 1. The van der Waals surface area contributed by atoms with Gasteiger partial charge in [0, 0.05) is 0 Å². The fourth-order valence-corrected chi connectivity index (χ4v) is 1.14. The molecule has 0 atom stereocenters. The maximum atomic E-state index is 13.3. The smallest absolute Gasteiger partial charge is 0.281 e. The molecule has 0 aromatic rings. The Bertz CT molecular complexity index is 242. The second-order valence-electron chi connectivity index (χ2n) is 3.32. The lowest BCUT2D eigenvalue weighted by Gasteiger charge is -2.17. The Hall–Kier alpha value is -0.960. The molecule has 0 aromatic carbocycles. The molecule has 3 heteroatoms. The molecule has 0 saturated carbocycles. The molecule has 0 aliphatic rings. The Morgan fingerprint density at radius 2 is 2.07 bits per heavy atom. The van der Waals surface area contributed by atoms with Crippen molar-refractivity contribution in [2.75, 3.05) is 6.54 Å². The highest BCUT2D eigenvalue weighted by molar-refractivity contribution is 5.21. The highest BCUT2D eigenvalue weighted by atomic mass is 19.3. The molecule has 0 amide bonds. The third-order valence-electron chi connectivity index (χ3n) is 2.07. The highest BCUT2D eigenvalue weighted by Crippen LogP contribution is 2.27. The molecular formula is C12H19F2N. The van der Waals surface area contributed by atoms with Crippen molar-refractivity contribution in [1.29, 1.82) is 0 Å². The Morgan fingerprint density at radius 1 is 1.40 bits per heavy atom. The van der Waals surface area contributed by atoms with Crippen LogP contribution in [-0.2, 0) is 0 Å². The van der Waals surface area contributed by atoms with Gasteiger partial charge in [-0.15, -0.1) is 0 Å². The normalized spacial score (nSPS) is 13.5. The monoisotopic (exact) mass is 215 g/mol. The quantitative estimate of drug-likeness (QED) is 0.647. The lowest BCUT2D eigenvalue weighted by Crippen LogP contribution is -2.30. The molecule has 86 valence electrons. The van der Waals surface area contributed by atoms with Gasteiger partial charge in [-0.25, -0.2) is 8.78 Å². The molecular weight excluding hydrogens is 196 g/mol. The maximum absolute atomic E-state index is 13.3. The first-order valence-corrected chi connectivity index (χ1v) is 5.15. The van der Waals surface area contributed by atoms with Gasteiger partial charge in [-0.3, -0.25) is 0 Å². The minimum absolute atomic E-state index is 0.102. The van der Waals surface area contributed by atoms with Gasteiger partial charge in [0.25, 0.3) is 5.92 Å². The van der Waals surface area contributed by atoms with E-state index in [0.717, 1.165) is 12.8 Å². The molecule has 1 nitrogen and oxygen atoms in total. The van der Waals surface area contributed by atoms with E-state index in [4.69, 9.17) is 5.73 Å². The van der Waals surface area contributed by atoms with Crippen LogP contribution in [0.5, 0.6) is 0 Å². The summed E-state index contributed by atoms with van der Waals surface area (Å²) >= 11 is 0. The Morgan fingerprint density at radius 3 is 2.53 bits per heavy atom. The molecule has 0 fully saturated rings. The summed E-state index contributed by atoms with van der Waals surface area (Å²) in [4.78, 5) is 0. The summed E-state index contributed by atoms with van der Waals surface area (Å²) in [7, 11) is 0. The predicted molar refractivity (Wildman–Crippen MR) is 60.9 cm³/mol. The van der Waals surface area contributed by atoms with Crippen LogP contribution >= 0.6 is 0 Å². The molecule has 15 heavy (non-hydrogen) atoms. The summed E-state index contributed by atoms with van der Waals surface area (Å²) in [6, 6.07) is 0. The number of allylic oxidation sites excluding steroid dienone is 4. The van der Waals surface area contributed by atoms with E-state index in [1.165, 1.54) is 6.08 Å². The predicted octanol–water partition coefficient (Wildman–Crippen LogP) is 3.44. The molecule has 0 spiro atoms. The van der Waals surface area contributed by atoms with Gasteiger partial charge in [0.2, 0.25) is 0 Å². The SMILES string of the molecule is C=C/C=C\C=C(/CCCC)C(F)(F)CN. The van der Waals surface area contributed by atoms with Crippen molar-refractivity contribution in [3.63, 3.8) is 0 Å². The second-order valence-corrected chi connectivity index (χ2v) is 3.32. The van der Waals surface area contributed by atoms with Gasteiger partial charge in [0.05, 0.1) is 6.54 Å². The second kappa shape index (κ2) is 7.35. The van der Waals surface area contributed by atoms with Gasteiger partial charge in [-0.2, -0.15) is 0 Å². The van der Waals surface area contributed by atoms with E-state index in [2.05, 4.69) is 6.58 Å². The Kier molecular flexibility index (Phi) is 6.88. The third kappa shape index (κ3) is 5.47. The van der Waals surface area contributed by atoms with E-state index in [1.807, 2.05) is 6.92 Å². The third-order valence-corrected chi connectivity index (χ3v) is 2.07. The minimum atomic E-state index is -2.89. The molecule has 0 aliphatic heterocycles. The summed E-state index contributed by atoms with van der Waals surface area (Å²) < 4.78 is 26.6. The van der Waals surface area contributed by atoms with Crippen molar-refractivity contribution in [2.45, 2.75) is 32.1 Å². The van der Waals surface area contributed by atoms with Crippen molar-refractivity contribution >= 4 is 0 Å². The molecule has 0 rings (SSSR count). The standard InChI is InChI=1S/C12H19F2N/c1-3-5-7-9-11(8-6-4-2)12(13,14)10-15/h3,5,7,9H,1,4,6,8,10,15H2,2H3/b7-5-,11-9+. The van der Waals surface area contributed by atoms with Crippen LogP contribution in [0.3, 0.4) is 0 Å². The average molecular weight is 215 g/mol. The number of halogens is 2. The summed E-state index contributed by atoms with van der Waals surface area (Å²) in [5, 5.41) is 0. The number of hydrogen-bond donors (Lipinski definition) is 1. The summed E-state index contributed by atoms with van der Waals surface area (Å²) in [6.07, 6.45) is 8.22. The number of hydrogen-bond acceptors (Lipinski definition) is 1. The van der Waals surface area contributed by atoms with E-state index in [0.29, 0.717) is 6.42 Å². The summed E-state index contributed by atoms with van der Waals surface area (Å²) in [5.41, 5.74) is 5.15. The molecule has 0 radical (unpaired) electrons. The highest BCUT2D eigenvalue weighted by Gasteiger charge is 2.30. The van der Waals surface area contributed by atoms with Gasteiger partial charge < -0.3 is 5.73 Å². The van der Waals surface area contributed by atoms with Crippen LogP contribution in [0.1, 0.15) is 26.2 Å². The molecule has 0 unspecified atom stereocenters. The largest absolute Gasteiger partial charge is 0.325 e. The maximum Gasteiger partial charge on any atom is 0.281 e. The van der Waals surface area contributed by atoms with E-state index in [9.17, 15) is 8.78 Å². The minimum Gasteiger partial charge on any atom is -0.325 e. The molecule has 0 aliphatic carbocycles. The van der Waals surface area contributed by atoms with Gasteiger partial charge in [0.1, 0.15) is 0 Å². The summed E-state index contributed by atoms with van der Waals surface area (Å²) in [6.45, 7) is 4.81. The van der Waals surface area contributed by atoms with Crippen molar-refractivity contribution in [3.8, 4) is 0 Å². The van der Waals surface area contributed by atoms with Crippen molar-refractivity contribution in [1.82, 2.24) is 0 Å². The van der Waals surface area contributed by atoms with Gasteiger partial charge >= 0.3 is 0 Å². The molecule has 0 bridgehead atoms. The van der Waals surface area contributed by atoms with Gasteiger partial charge in [0.15, 0.2) is 0 Å². The number of rotatable bonds is 7. The summed E-state index contributed by atoms with van der Waals surface area (Å²) in [5.74, 6) is -2.89. The Labute approximate surface area is 90.4 Å². The number of alkyl halides is 2. The van der Waals surface area contributed by atoms with Crippen LogP contribution in [0.4, 0.5) is 8.78 Å². The van der Waals surface area contributed by atoms with Crippen LogP contribution in [0.15, 0.2) is 36.5 Å². The van der Waals surface area contributed by atoms with Crippen LogP contribution in [-0.4, -0.2) is 12.5 Å². The lowest BCUT2D eigenvalue weighted by molar-refractivity contribution is 0.0476. The Balaban J connectivity index is 4.63. The van der Waals surface area contributed by atoms with Gasteiger partial charge in [-0.05, 0) is 18.4 Å². The first-order valence-electron chi connectivity index (χ1n) is 5.15. The topological polar surface area (TPSA) is 26.0 Å². The van der Waals surface area contributed by atoms with E-state index >= 15 is 0 Å². The molecule has 0 heterocycles. The van der Waals surface area contributed by atoms with Gasteiger partial charge in [-0.1, -0.05) is 44.2 Å². The molecule has 2 N–H and O–H groups in total. The van der Waals surface area contributed by atoms with E-state index in [1.54, 1.807) is 18.2 Å². The van der Waals surface area contributed by atoms with E-state index < -0.39 is 12.5 Å². The van der Waals surface area contributed by atoms with Crippen LogP contribution in [0.2, 0.25) is 0 Å². The van der Waals surface area contributed by atoms with Crippen molar-refractivity contribution < 1.29 is 8.78 Å². The van der Waals surface area contributed by atoms with Crippen molar-refractivity contribution in [3.05, 3.63) is 36.5 Å². The fourth-order valence-electron chi connectivity index (χ4n) is 1.14. The number of nitrogens with two attached hydrogens (primary N) is 1. The molecule has 0 saturated heterocycles. The van der Waals surface area contributed by atoms with Crippen LogP contribution in [0, 0.1) is 0 Å². The zero-order valence-electron chi connectivity index (χ0n) is 9.18. The first kappa shape index (κ1) is 14.0. The fraction of sp³-hybridized carbons (Fsp3) is 0.500. The molecule has 0 aromatic heterocycles. The van der Waals surface area contributed by atoms with Crippen LogP contribution < -0.4 is 5.73 Å².